The first-order valence-electron chi connectivity index (χ1n) is 22.4. The molecule has 0 aromatic heterocycles. The van der Waals surface area contributed by atoms with Gasteiger partial charge in [-0.2, -0.15) is 0 Å². The van der Waals surface area contributed by atoms with Gasteiger partial charge >= 0.3 is 11.9 Å². The van der Waals surface area contributed by atoms with Gasteiger partial charge in [0.05, 0.1) is 0 Å². The number of ether oxygens (including phenoxy) is 1. The maximum absolute atomic E-state index is 12.8. The van der Waals surface area contributed by atoms with Gasteiger partial charge in [0.2, 0.25) is 5.91 Å². The number of rotatable bonds is 40. The van der Waals surface area contributed by atoms with Gasteiger partial charge in [0, 0.05) is 12.8 Å². The lowest BCUT2D eigenvalue weighted by Gasteiger charge is -2.18. The predicted octanol–water partition coefficient (Wildman–Crippen LogP) is 14.0. The molecule has 0 saturated carbocycles. The van der Waals surface area contributed by atoms with Gasteiger partial charge in [0.25, 0.3) is 0 Å². The van der Waals surface area contributed by atoms with Gasteiger partial charge in [0.1, 0.15) is 12.6 Å². The van der Waals surface area contributed by atoms with E-state index < -0.39 is 5.97 Å². The molecule has 310 valence electrons. The third-order valence-corrected chi connectivity index (χ3v) is 9.70. The molecular formula is C48H83NO5. The first-order chi connectivity index (χ1) is 26.5. The van der Waals surface area contributed by atoms with Gasteiger partial charge in [-0.25, -0.2) is 0 Å². The van der Waals surface area contributed by atoms with Gasteiger partial charge in [-0.05, 0) is 83.5 Å². The van der Waals surface area contributed by atoms with E-state index in [4.69, 9.17) is 9.84 Å². The number of aliphatic carboxylic acids is 1. The summed E-state index contributed by atoms with van der Waals surface area (Å²) in [6.45, 7) is 4.11. The standard InChI is InChI=1S/C48H83NO5/c1-3-5-7-9-11-13-15-17-18-19-20-21-22-24-26-28-30-35-39-43-48(53)54-45(41-37-33-31-34-38-42-46(50)49-44-47(51)52)40-36-32-29-27-25-23-16-14-12-10-8-6-4-2/h5,7,11,13,17-18,20-21,24,26,45H,3-4,6,8-10,12,14-16,19,22-23,25,27-44H2,1-2H3,(H,49,50)(H,51,52)/b7-5-,13-11-,18-17-,21-20-,26-24-. The quantitative estimate of drug-likeness (QED) is 0.0369. The third-order valence-electron chi connectivity index (χ3n) is 9.70. The van der Waals surface area contributed by atoms with E-state index in [0.717, 1.165) is 109 Å². The van der Waals surface area contributed by atoms with Crippen molar-refractivity contribution in [1.82, 2.24) is 5.32 Å². The lowest BCUT2D eigenvalue weighted by atomic mass is 10.0. The Hall–Kier alpha value is -2.89. The molecule has 0 aliphatic rings. The molecule has 6 heteroatoms. The molecule has 0 spiro atoms. The number of hydrogen-bond acceptors (Lipinski definition) is 4. The molecule has 0 aliphatic heterocycles. The van der Waals surface area contributed by atoms with E-state index >= 15 is 0 Å². The van der Waals surface area contributed by atoms with Gasteiger partial charge < -0.3 is 15.2 Å². The summed E-state index contributed by atoms with van der Waals surface area (Å²) >= 11 is 0. The van der Waals surface area contributed by atoms with Crippen molar-refractivity contribution in [2.75, 3.05) is 6.54 Å². The first-order valence-corrected chi connectivity index (χ1v) is 22.4. The Balaban J connectivity index is 4.23. The summed E-state index contributed by atoms with van der Waals surface area (Å²) in [5.41, 5.74) is 0. The van der Waals surface area contributed by atoms with E-state index in [-0.39, 0.29) is 24.5 Å². The fourth-order valence-electron chi connectivity index (χ4n) is 6.42. The van der Waals surface area contributed by atoms with Gasteiger partial charge in [-0.15, -0.1) is 0 Å². The summed E-state index contributed by atoms with van der Waals surface area (Å²) in [5, 5.41) is 11.1. The van der Waals surface area contributed by atoms with Crippen molar-refractivity contribution in [2.45, 2.75) is 219 Å². The Morgan fingerprint density at radius 2 is 0.907 bits per heavy atom. The number of nitrogens with one attached hydrogen (secondary N) is 1. The molecule has 0 heterocycles. The fraction of sp³-hybridized carbons (Fsp3) is 0.729. The molecule has 54 heavy (non-hydrogen) atoms. The molecule has 0 bridgehead atoms. The molecule has 2 N–H and O–H groups in total. The summed E-state index contributed by atoms with van der Waals surface area (Å²) in [6.07, 6.45) is 56.3. The van der Waals surface area contributed by atoms with Crippen molar-refractivity contribution < 1.29 is 24.2 Å². The number of esters is 1. The molecular weight excluding hydrogens is 671 g/mol. The number of hydrogen-bond donors (Lipinski definition) is 2. The van der Waals surface area contributed by atoms with Crippen LogP contribution in [0.3, 0.4) is 0 Å². The van der Waals surface area contributed by atoms with E-state index in [2.05, 4.69) is 79.9 Å². The minimum atomic E-state index is -1.02. The molecule has 0 fully saturated rings. The molecule has 1 amide bonds. The molecule has 1 unspecified atom stereocenters. The van der Waals surface area contributed by atoms with Crippen LogP contribution in [0.1, 0.15) is 213 Å². The number of carbonyl (C=O) groups excluding carboxylic acids is 2. The van der Waals surface area contributed by atoms with Gasteiger partial charge in [0.15, 0.2) is 0 Å². The summed E-state index contributed by atoms with van der Waals surface area (Å²) < 4.78 is 6.03. The fourth-order valence-corrected chi connectivity index (χ4v) is 6.42. The molecule has 0 aromatic rings. The number of carbonyl (C=O) groups is 3. The van der Waals surface area contributed by atoms with Crippen molar-refractivity contribution in [2.24, 2.45) is 0 Å². The third kappa shape index (κ3) is 41.9. The Morgan fingerprint density at radius 1 is 0.500 bits per heavy atom. The van der Waals surface area contributed by atoms with Crippen molar-refractivity contribution in [3.05, 3.63) is 60.8 Å². The number of carboxylic acid groups (broad SMARTS) is 1. The Morgan fingerprint density at radius 3 is 1.39 bits per heavy atom. The van der Waals surface area contributed by atoms with E-state index in [0.29, 0.717) is 12.8 Å². The summed E-state index contributed by atoms with van der Waals surface area (Å²) in [7, 11) is 0. The first kappa shape index (κ1) is 51.1. The zero-order valence-electron chi connectivity index (χ0n) is 35.1. The van der Waals surface area contributed by atoms with Crippen LogP contribution in [0.5, 0.6) is 0 Å². The average molecular weight is 754 g/mol. The van der Waals surface area contributed by atoms with E-state index in [9.17, 15) is 14.4 Å². The van der Waals surface area contributed by atoms with Crippen molar-refractivity contribution in [3.8, 4) is 0 Å². The van der Waals surface area contributed by atoms with Crippen LogP contribution in [0.4, 0.5) is 0 Å². The average Bonchev–Trinajstić information content (AvgIpc) is 3.16. The SMILES string of the molecule is CC/C=C\C/C=C\C/C=C\C/C=C\C/C=C\CCCCCC(=O)OC(CCCCCCCCCCCCCCC)CCCCCCCC(=O)NCC(=O)O. The number of allylic oxidation sites excluding steroid dienone is 10. The summed E-state index contributed by atoms with van der Waals surface area (Å²) in [5.74, 6) is -1.26. The maximum Gasteiger partial charge on any atom is 0.322 e. The molecule has 0 aromatic carbocycles. The minimum absolute atomic E-state index is 0.00769. The van der Waals surface area contributed by atoms with Crippen LogP contribution in [0.2, 0.25) is 0 Å². The Bertz CT molecular complexity index is 1010. The monoisotopic (exact) mass is 754 g/mol. The number of unbranched alkanes of at least 4 members (excludes halogenated alkanes) is 19. The Labute approximate surface area is 332 Å². The normalized spacial score (nSPS) is 12.6. The minimum Gasteiger partial charge on any atom is -0.480 e. The lowest BCUT2D eigenvalue weighted by molar-refractivity contribution is -0.150. The highest BCUT2D eigenvalue weighted by atomic mass is 16.5. The second-order valence-corrected chi connectivity index (χ2v) is 14.9. The van der Waals surface area contributed by atoms with Crippen LogP contribution in [0.25, 0.3) is 0 Å². The van der Waals surface area contributed by atoms with Gasteiger partial charge in [-0.1, -0.05) is 177 Å². The van der Waals surface area contributed by atoms with Crippen LogP contribution in [0, 0.1) is 0 Å². The second kappa shape index (κ2) is 42.8. The highest BCUT2D eigenvalue weighted by Crippen LogP contribution is 2.19. The largest absolute Gasteiger partial charge is 0.480 e. The lowest BCUT2D eigenvalue weighted by Crippen LogP contribution is -2.28. The highest BCUT2D eigenvalue weighted by Gasteiger charge is 2.14. The molecule has 0 saturated heterocycles. The molecule has 0 radical (unpaired) electrons. The van der Waals surface area contributed by atoms with Crippen molar-refractivity contribution in [3.63, 3.8) is 0 Å². The summed E-state index contributed by atoms with van der Waals surface area (Å²) in [4.78, 5) is 35.1. The van der Waals surface area contributed by atoms with Crippen LogP contribution in [-0.2, 0) is 19.1 Å². The Kier molecular flexibility index (Phi) is 40.6. The maximum atomic E-state index is 12.8. The smallest absolute Gasteiger partial charge is 0.322 e. The highest BCUT2D eigenvalue weighted by molar-refractivity contribution is 5.80. The zero-order chi connectivity index (χ0) is 39.4. The van der Waals surface area contributed by atoms with Crippen molar-refractivity contribution >= 4 is 17.8 Å². The number of amides is 1. The van der Waals surface area contributed by atoms with Crippen molar-refractivity contribution in [1.29, 1.82) is 0 Å². The van der Waals surface area contributed by atoms with E-state index in [1.54, 1.807) is 0 Å². The van der Waals surface area contributed by atoms with Crippen LogP contribution >= 0.6 is 0 Å². The second-order valence-electron chi connectivity index (χ2n) is 14.9. The van der Waals surface area contributed by atoms with Crippen LogP contribution in [0.15, 0.2) is 60.8 Å². The molecule has 0 rings (SSSR count). The molecule has 0 aliphatic carbocycles. The zero-order valence-corrected chi connectivity index (χ0v) is 35.1. The topological polar surface area (TPSA) is 92.7 Å². The van der Waals surface area contributed by atoms with E-state index in [1.807, 2.05) is 0 Å². The van der Waals surface area contributed by atoms with Crippen LogP contribution in [-0.4, -0.2) is 35.6 Å². The number of carboxylic acids is 1. The van der Waals surface area contributed by atoms with Crippen LogP contribution < -0.4 is 5.32 Å². The predicted molar refractivity (Wildman–Crippen MR) is 231 cm³/mol. The molecule has 1 atom stereocenters. The van der Waals surface area contributed by atoms with E-state index in [1.165, 1.54) is 77.0 Å². The summed E-state index contributed by atoms with van der Waals surface area (Å²) in [6, 6.07) is 0. The van der Waals surface area contributed by atoms with Gasteiger partial charge in [-0.3, -0.25) is 14.4 Å². The molecule has 6 nitrogen and oxygen atoms in total.